The van der Waals surface area contributed by atoms with Gasteiger partial charge in [-0.3, -0.25) is 14.5 Å². The minimum absolute atomic E-state index is 0.0389. The number of carbonyl (C=O) groups is 2. The van der Waals surface area contributed by atoms with Crippen molar-refractivity contribution in [2.75, 3.05) is 17.3 Å². The van der Waals surface area contributed by atoms with Crippen molar-refractivity contribution >= 4 is 29.6 Å². The number of rotatable bonds is 3. The maximum Gasteiger partial charge on any atom is 0.228 e. The molecule has 0 saturated carbocycles. The second-order valence-electron chi connectivity index (χ2n) is 3.80. The van der Waals surface area contributed by atoms with E-state index in [-0.39, 0.29) is 11.8 Å². The van der Waals surface area contributed by atoms with Gasteiger partial charge in [-0.05, 0) is 18.1 Å². The standard InChI is InChI=1S/C11H11ClN2O2/c12-4-9-3-11(16)14(6-9)10-2-1-8(7-15)5-13-10/h1-2,5,7,9H,3-4,6H2. The van der Waals surface area contributed by atoms with Crippen molar-refractivity contribution in [2.45, 2.75) is 6.42 Å². The fourth-order valence-electron chi connectivity index (χ4n) is 1.73. The zero-order chi connectivity index (χ0) is 11.5. The van der Waals surface area contributed by atoms with Crippen LogP contribution in [0.15, 0.2) is 18.3 Å². The van der Waals surface area contributed by atoms with Gasteiger partial charge in [-0.1, -0.05) is 0 Å². The van der Waals surface area contributed by atoms with E-state index in [1.807, 2.05) is 0 Å². The molecule has 0 spiro atoms. The van der Waals surface area contributed by atoms with E-state index in [0.717, 1.165) is 6.29 Å². The quantitative estimate of drug-likeness (QED) is 0.592. The van der Waals surface area contributed by atoms with Gasteiger partial charge in [0.05, 0.1) is 0 Å². The van der Waals surface area contributed by atoms with Gasteiger partial charge in [-0.2, -0.15) is 0 Å². The molecule has 0 aliphatic carbocycles. The van der Waals surface area contributed by atoms with Gasteiger partial charge in [0.2, 0.25) is 5.91 Å². The molecule has 1 aliphatic rings. The zero-order valence-corrected chi connectivity index (χ0v) is 9.35. The lowest BCUT2D eigenvalue weighted by Gasteiger charge is -2.14. The maximum atomic E-state index is 11.7. The lowest BCUT2D eigenvalue weighted by atomic mass is 10.1. The molecule has 1 saturated heterocycles. The van der Waals surface area contributed by atoms with Gasteiger partial charge in [0.25, 0.3) is 0 Å². The molecule has 1 fully saturated rings. The summed E-state index contributed by atoms with van der Waals surface area (Å²) in [5, 5.41) is 0. The second-order valence-corrected chi connectivity index (χ2v) is 4.10. The van der Waals surface area contributed by atoms with Crippen LogP contribution in [0.2, 0.25) is 0 Å². The molecule has 5 heteroatoms. The predicted molar refractivity (Wildman–Crippen MR) is 60.8 cm³/mol. The third-order valence-electron chi connectivity index (χ3n) is 2.61. The predicted octanol–water partition coefficient (Wildman–Crippen LogP) is 1.49. The Kier molecular flexibility index (Phi) is 3.19. The minimum atomic E-state index is 0.0389. The summed E-state index contributed by atoms with van der Waals surface area (Å²) in [7, 11) is 0. The normalized spacial score (nSPS) is 20.2. The van der Waals surface area contributed by atoms with Crippen LogP contribution in [0.4, 0.5) is 5.82 Å². The SMILES string of the molecule is O=Cc1ccc(N2CC(CCl)CC2=O)nc1. The number of aromatic nitrogens is 1. The number of anilines is 1. The highest BCUT2D eigenvalue weighted by molar-refractivity contribution is 6.18. The third-order valence-corrected chi connectivity index (χ3v) is 3.04. The van der Waals surface area contributed by atoms with E-state index in [2.05, 4.69) is 4.98 Å². The average Bonchev–Trinajstić information content (AvgIpc) is 2.71. The fraction of sp³-hybridized carbons (Fsp3) is 0.364. The lowest BCUT2D eigenvalue weighted by Crippen LogP contribution is -2.25. The van der Waals surface area contributed by atoms with Crippen LogP contribution in [0.3, 0.4) is 0 Å². The van der Waals surface area contributed by atoms with Gasteiger partial charge in [-0.15, -0.1) is 11.6 Å². The van der Waals surface area contributed by atoms with Gasteiger partial charge in [0.15, 0.2) is 6.29 Å². The Labute approximate surface area is 98.2 Å². The first-order chi connectivity index (χ1) is 7.74. The van der Waals surface area contributed by atoms with E-state index in [9.17, 15) is 9.59 Å². The summed E-state index contributed by atoms with van der Waals surface area (Å²) in [6, 6.07) is 3.33. The monoisotopic (exact) mass is 238 g/mol. The molecule has 1 atom stereocenters. The van der Waals surface area contributed by atoms with Crippen LogP contribution >= 0.6 is 11.6 Å². The van der Waals surface area contributed by atoms with Crippen molar-refractivity contribution in [1.29, 1.82) is 0 Å². The summed E-state index contributed by atoms with van der Waals surface area (Å²) in [6.07, 6.45) is 2.66. The van der Waals surface area contributed by atoms with E-state index in [1.54, 1.807) is 17.0 Å². The van der Waals surface area contributed by atoms with Gasteiger partial charge < -0.3 is 0 Å². The minimum Gasteiger partial charge on any atom is -0.298 e. The molecular formula is C11H11ClN2O2. The summed E-state index contributed by atoms with van der Waals surface area (Å²) in [6.45, 7) is 0.607. The molecule has 1 amide bonds. The number of pyridine rings is 1. The molecular weight excluding hydrogens is 228 g/mol. The van der Waals surface area contributed by atoms with E-state index < -0.39 is 0 Å². The van der Waals surface area contributed by atoms with Gasteiger partial charge >= 0.3 is 0 Å². The Morgan fingerprint density at radius 1 is 1.56 bits per heavy atom. The number of aldehydes is 1. The number of hydrogen-bond acceptors (Lipinski definition) is 3. The summed E-state index contributed by atoms with van der Waals surface area (Å²) < 4.78 is 0. The number of carbonyl (C=O) groups excluding carboxylic acids is 2. The topological polar surface area (TPSA) is 50.3 Å². The van der Waals surface area contributed by atoms with Gasteiger partial charge in [0.1, 0.15) is 5.82 Å². The molecule has 2 heterocycles. The average molecular weight is 239 g/mol. The Morgan fingerprint density at radius 2 is 2.38 bits per heavy atom. The first-order valence-corrected chi connectivity index (χ1v) is 5.55. The molecule has 2 rings (SSSR count). The van der Waals surface area contributed by atoms with Gasteiger partial charge in [-0.25, -0.2) is 4.98 Å². The lowest BCUT2D eigenvalue weighted by molar-refractivity contribution is -0.117. The van der Waals surface area contributed by atoms with Crippen LogP contribution in [0.5, 0.6) is 0 Å². The summed E-state index contributed by atoms with van der Waals surface area (Å²) in [5.74, 6) is 1.30. The van der Waals surface area contributed by atoms with Crippen LogP contribution in [-0.4, -0.2) is 29.6 Å². The molecule has 0 radical (unpaired) electrons. The van der Waals surface area contributed by atoms with Crippen molar-refractivity contribution in [1.82, 2.24) is 4.98 Å². The van der Waals surface area contributed by atoms with Crippen molar-refractivity contribution in [3.8, 4) is 0 Å². The van der Waals surface area contributed by atoms with Crippen LogP contribution in [0.1, 0.15) is 16.8 Å². The smallest absolute Gasteiger partial charge is 0.228 e. The van der Waals surface area contributed by atoms with Crippen molar-refractivity contribution < 1.29 is 9.59 Å². The fourth-order valence-corrected chi connectivity index (χ4v) is 1.94. The van der Waals surface area contributed by atoms with E-state index >= 15 is 0 Å². The molecule has 84 valence electrons. The molecule has 16 heavy (non-hydrogen) atoms. The van der Waals surface area contributed by atoms with Crippen molar-refractivity contribution in [3.05, 3.63) is 23.9 Å². The Balaban J connectivity index is 2.18. The van der Waals surface area contributed by atoms with E-state index in [4.69, 9.17) is 11.6 Å². The third kappa shape index (κ3) is 2.07. The number of halogens is 1. The Morgan fingerprint density at radius 3 is 2.88 bits per heavy atom. The zero-order valence-electron chi connectivity index (χ0n) is 8.60. The molecule has 0 aromatic carbocycles. The Bertz CT molecular complexity index is 405. The molecule has 1 aromatic heterocycles. The molecule has 4 nitrogen and oxygen atoms in total. The largest absolute Gasteiger partial charge is 0.298 e. The number of nitrogens with zero attached hydrogens (tertiary/aromatic N) is 2. The molecule has 0 N–H and O–H groups in total. The highest BCUT2D eigenvalue weighted by Crippen LogP contribution is 2.23. The van der Waals surface area contributed by atoms with Crippen molar-refractivity contribution in [2.24, 2.45) is 5.92 Å². The van der Waals surface area contributed by atoms with Crippen molar-refractivity contribution in [3.63, 3.8) is 0 Å². The van der Waals surface area contributed by atoms with E-state index in [1.165, 1.54) is 6.20 Å². The maximum absolute atomic E-state index is 11.7. The highest BCUT2D eigenvalue weighted by Gasteiger charge is 2.30. The van der Waals surface area contributed by atoms with Crippen LogP contribution < -0.4 is 4.90 Å². The van der Waals surface area contributed by atoms with Crippen LogP contribution in [0, 0.1) is 5.92 Å². The first kappa shape index (κ1) is 11.1. The first-order valence-electron chi connectivity index (χ1n) is 5.02. The number of hydrogen-bond donors (Lipinski definition) is 0. The van der Waals surface area contributed by atoms with Crippen LogP contribution in [-0.2, 0) is 4.79 Å². The Hall–Kier alpha value is -1.42. The van der Waals surface area contributed by atoms with E-state index in [0.29, 0.717) is 30.2 Å². The second kappa shape index (κ2) is 4.61. The summed E-state index contributed by atoms with van der Waals surface area (Å²) in [5.41, 5.74) is 0.504. The van der Waals surface area contributed by atoms with Crippen LogP contribution in [0.25, 0.3) is 0 Å². The summed E-state index contributed by atoms with van der Waals surface area (Å²) >= 11 is 5.73. The van der Waals surface area contributed by atoms with Gasteiger partial charge in [0, 0.05) is 30.6 Å². The number of alkyl halides is 1. The number of amides is 1. The molecule has 1 unspecified atom stereocenters. The molecule has 0 bridgehead atoms. The molecule has 1 aliphatic heterocycles. The summed E-state index contributed by atoms with van der Waals surface area (Å²) in [4.78, 5) is 27.8. The highest BCUT2D eigenvalue weighted by atomic mass is 35.5. The molecule has 1 aromatic rings.